The number of nitrogens with zero attached hydrogens (tertiary/aromatic N) is 1. The zero-order valence-corrected chi connectivity index (χ0v) is 12.5. The van der Waals surface area contributed by atoms with Crippen LogP contribution in [-0.2, 0) is 14.6 Å². The lowest BCUT2D eigenvalue weighted by Gasteiger charge is -2.21. The fourth-order valence-electron chi connectivity index (χ4n) is 2.12. The predicted octanol–water partition coefficient (Wildman–Crippen LogP) is 1.17. The Labute approximate surface area is 123 Å². The minimum atomic E-state index is -3.54. The lowest BCUT2D eigenvalue weighted by molar-refractivity contribution is -0.137. The molecule has 1 aromatic carbocycles. The number of rotatable bonds is 6. The van der Waals surface area contributed by atoms with Gasteiger partial charge in [-0.05, 0) is 25.0 Å². The van der Waals surface area contributed by atoms with Gasteiger partial charge in [-0.3, -0.25) is 9.59 Å². The number of carboxylic acids is 1. The molecule has 21 heavy (non-hydrogen) atoms. The van der Waals surface area contributed by atoms with E-state index in [0.29, 0.717) is 0 Å². The highest BCUT2D eigenvalue weighted by Gasteiger charge is 2.36. The largest absolute Gasteiger partial charge is 0.480 e. The van der Waals surface area contributed by atoms with Gasteiger partial charge in [0, 0.05) is 6.04 Å². The smallest absolute Gasteiger partial charge is 0.323 e. The third-order valence-corrected chi connectivity index (χ3v) is 5.17. The molecule has 2 rings (SSSR count). The molecule has 1 aliphatic carbocycles. The van der Waals surface area contributed by atoms with Gasteiger partial charge in [-0.15, -0.1) is 0 Å². The molecule has 1 N–H and O–H groups in total. The van der Waals surface area contributed by atoms with Gasteiger partial charge in [0.2, 0.25) is 0 Å². The summed E-state index contributed by atoms with van der Waals surface area (Å²) in [6.07, 6.45) is 1.50. The van der Waals surface area contributed by atoms with Crippen molar-refractivity contribution < 1.29 is 23.1 Å². The maximum Gasteiger partial charge on any atom is 0.323 e. The zero-order chi connectivity index (χ0) is 15.6. The van der Waals surface area contributed by atoms with E-state index >= 15 is 0 Å². The number of carbonyl (C=O) groups excluding carboxylic acids is 1. The SMILES string of the molecule is CCS(=O)(=O)c1ccccc1C(=O)N(CC(=O)O)C1CC1. The minimum absolute atomic E-state index is 0.0338. The molecule has 0 spiro atoms. The molecule has 1 aromatic rings. The molecule has 1 fully saturated rings. The Morgan fingerprint density at radius 3 is 2.43 bits per heavy atom. The van der Waals surface area contributed by atoms with E-state index in [1.807, 2.05) is 0 Å². The van der Waals surface area contributed by atoms with Crippen molar-refractivity contribution >= 4 is 21.7 Å². The van der Waals surface area contributed by atoms with E-state index < -0.39 is 28.3 Å². The minimum Gasteiger partial charge on any atom is -0.480 e. The molecule has 1 aliphatic rings. The summed E-state index contributed by atoms with van der Waals surface area (Å²) >= 11 is 0. The summed E-state index contributed by atoms with van der Waals surface area (Å²) in [6.45, 7) is 1.09. The summed E-state index contributed by atoms with van der Waals surface area (Å²) in [4.78, 5) is 24.7. The molecule has 0 aromatic heterocycles. The van der Waals surface area contributed by atoms with Crippen LogP contribution in [0.5, 0.6) is 0 Å². The summed E-state index contributed by atoms with van der Waals surface area (Å²) in [5.41, 5.74) is 0.0486. The number of carboxylic acid groups (broad SMARTS) is 1. The lowest BCUT2D eigenvalue weighted by atomic mass is 10.2. The Kier molecular flexibility index (Phi) is 4.32. The third-order valence-electron chi connectivity index (χ3n) is 3.39. The first-order chi connectivity index (χ1) is 9.86. The molecule has 6 nitrogen and oxygen atoms in total. The molecule has 114 valence electrons. The van der Waals surface area contributed by atoms with E-state index in [9.17, 15) is 18.0 Å². The normalized spacial score (nSPS) is 14.7. The standard InChI is InChI=1S/C14H17NO5S/c1-2-21(19,20)12-6-4-3-5-11(12)14(18)15(9-13(16)17)10-7-8-10/h3-6,10H,2,7-9H2,1H3,(H,16,17). The van der Waals surface area contributed by atoms with Gasteiger partial charge in [-0.2, -0.15) is 0 Å². The molecule has 7 heteroatoms. The van der Waals surface area contributed by atoms with Crippen molar-refractivity contribution in [2.45, 2.75) is 30.7 Å². The van der Waals surface area contributed by atoms with Crippen LogP contribution in [0.25, 0.3) is 0 Å². The number of hydrogen-bond acceptors (Lipinski definition) is 4. The maximum absolute atomic E-state index is 12.5. The van der Waals surface area contributed by atoms with Gasteiger partial charge >= 0.3 is 5.97 Å². The highest BCUT2D eigenvalue weighted by Crippen LogP contribution is 2.29. The van der Waals surface area contributed by atoms with Gasteiger partial charge in [0.05, 0.1) is 16.2 Å². The second-order valence-corrected chi connectivity index (χ2v) is 7.20. The first-order valence-electron chi connectivity index (χ1n) is 6.71. The van der Waals surface area contributed by atoms with Crippen molar-refractivity contribution in [2.75, 3.05) is 12.3 Å². The molecule has 0 heterocycles. The van der Waals surface area contributed by atoms with E-state index in [1.165, 1.54) is 24.0 Å². The van der Waals surface area contributed by atoms with Crippen molar-refractivity contribution in [1.29, 1.82) is 0 Å². The highest BCUT2D eigenvalue weighted by atomic mass is 32.2. The highest BCUT2D eigenvalue weighted by molar-refractivity contribution is 7.91. The Hall–Kier alpha value is -1.89. The van der Waals surface area contributed by atoms with Gasteiger partial charge < -0.3 is 10.0 Å². The first-order valence-corrected chi connectivity index (χ1v) is 8.36. The average molecular weight is 311 g/mol. The van der Waals surface area contributed by atoms with E-state index in [0.717, 1.165) is 12.8 Å². The average Bonchev–Trinajstić information content (AvgIpc) is 3.28. The molecule has 0 saturated heterocycles. The van der Waals surface area contributed by atoms with Crippen LogP contribution in [0, 0.1) is 0 Å². The van der Waals surface area contributed by atoms with Crippen molar-refractivity contribution in [3.63, 3.8) is 0 Å². The Bertz CT molecular complexity index is 664. The quantitative estimate of drug-likeness (QED) is 0.851. The molecule has 1 saturated carbocycles. The number of carbonyl (C=O) groups is 2. The van der Waals surface area contributed by atoms with Gasteiger partial charge in [-0.1, -0.05) is 19.1 Å². The number of aliphatic carboxylic acids is 1. The maximum atomic E-state index is 12.5. The van der Waals surface area contributed by atoms with Crippen molar-refractivity contribution in [2.24, 2.45) is 0 Å². The molecule has 0 aliphatic heterocycles. The van der Waals surface area contributed by atoms with Gasteiger partial charge in [0.25, 0.3) is 5.91 Å². The van der Waals surface area contributed by atoms with Crippen LogP contribution in [0.15, 0.2) is 29.2 Å². The third kappa shape index (κ3) is 3.41. The summed E-state index contributed by atoms with van der Waals surface area (Å²) in [7, 11) is -3.54. The second kappa shape index (κ2) is 5.85. The van der Waals surface area contributed by atoms with Crippen LogP contribution < -0.4 is 0 Å². The van der Waals surface area contributed by atoms with Crippen LogP contribution in [0.1, 0.15) is 30.1 Å². The summed E-state index contributed by atoms with van der Waals surface area (Å²) in [5, 5.41) is 8.92. The van der Waals surface area contributed by atoms with Gasteiger partial charge in [0.1, 0.15) is 6.54 Å². The topological polar surface area (TPSA) is 91.8 Å². The molecule has 0 bridgehead atoms. The number of hydrogen-bond donors (Lipinski definition) is 1. The van der Waals surface area contributed by atoms with E-state index in [-0.39, 0.29) is 22.3 Å². The van der Waals surface area contributed by atoms with Crippen LogP contribution in [0.3, 0.4) is 0 Å². The monoisotopic (exact) mass is 311 g/mol. The van der Waals surface area contributed by atoms with Crippen LogP contribution >= 0.6 is 0 Å². The Morgan fingerprint density at radius 1 is 1.29 bits per heavy atom. The van der Waals surface area contributed by atoms with Crippen molar-refractivity contribution in [3.8, 4) is 0 Å². The molecule has 0 atom stereocenters. The van der Waals surface area contributed by atoms with E-state index in [4.69, 9.17) is 5.11 Å². The van der Waals surface area contributed by atoms with E-state index in [1.54, 1.807) is 12.1 Å². The summed E-state index contributed by atoms with van der Waals surface area (Å²) in [5.74, 6) is -1.75. The predicted molar refractivity (Wildman–Crippen MR) is 75.9 cm³/mol. The van der Waals surface area contributed by atoms with Crippen LogP contribution in [-0.4, -0.2) is 48.6 Å². The van der Waals surface area contributed by atoms with Crippen LogP contribution in [0.4, 0.5) is 0 Å². The summed E-state index contributed by atoms with van der Waals surface area (Å²) < 4.78 is 24.1. The Balaban J connectivity index is 2.41. The first kappa shape index (κ1) is 15.5. The number of benzene rings is 1. The van der Waals surface area contributed by atoms with Crippen LogP contribution in [0.2, 0.25) is 0 Å². The van der Waals surface area contributed by atoms with E-state index in [2.05, 4.69) is 0 Å². The summed E-state index contributed by atoms with van der Waals surface area (Å²) in [6, 6.07) is 5.84. The fourth-order valence-corrected chi connectivity index (χ4v) is 3.21. The molecule has 0 radical (unpaired) electrons. The molecule has 0 unspecified atom stereocenters. The van der Waals surface area contributed by atoms with Gasteiger partial charge in [-0.25, -0.2) is 8.42 Å². The van der Waals surface area contributed by atoms with Crippen molar-refractivity contribution in [1.82, 2.24) is 4.90 Å². The van der Waals surface area contributed by atoms with Gasteiger partial charge in [0.15, 0.2) is 9.84 Å². The molecular formula is C14H17NO5S. The number of sulfone groups is 1. The molecular weight excluding hydrogens is 294 g/mol. The number of amides is 1. The van der Waals surface area contributed by atoms with Crippen molar-refractivity contribution in [3.05, 3.63) is 29.8 Å². The molecule has 1 amide bonds. The second-order valence-electron chi connectivity index (χ2n) is 4.96. The zero-order valence-electron chi connectivity index (χ0n) is 11.7. The lowest BCUT2D eigenvalue weighted by Crippen LogP contribution is -2.38. The fraction of sp³-hybridized carbons (Fsp3) is 0.429. The Morgan fingerprint density at radius 2 is 1.90 bits per heavy atom.